The second kappa shape index (κ2) is 10.9. The minimum atomic E-state index is -4.15. The van der Waals surface area contributed by atoms with E-state index < -0.39 is 39.6 Å². The molecule has 14 heteroatoms. The SMILES string of the molecule is Nc1ccc2c(-c3cc(S(N)(=O)=O)ccc3C(=O)N3CCC(C(=O)ON4C(=O)CCC4=O)CC3)c3ccc(=[NH2+])cc-3oc2c1. The first kappa shape index (κ1) is 29.0. The number of hydrogen-bond donors (Lipinski definition) is 3. The van der Waals surface area contributed by atoms with E-state index in [-0.39, 0.29) is 49.2 Å². The van der Waals surface area contributed by atoms with Gasteiger partial charge in [0.2, 0.25) is 10.0 Å². The lowest BCUT2D eigenvalue weighted by atomic mass is 9.89. The lowest BCUT2D eigenvalue weighted by molar-refractivity contribution is -0.201. The minimum absolute atomic E-state index is 0.00745. The third-order valence-corrected chi connectivity index (χ3v) is 8.80. The maximum atomic E-state index is 14.0. The molecule has 4 aliphatic rings. The summed E-state index contributed by atoms with van der Waals surface area (Å²) in [6, 6.07) is 14.1. The van der Waals surface area contributed by atoms with Crippen LogP contribution in [0.2, 0.25) is 0 Å². The van der Waals surface area contributed by atoms with Crippen LogP contribution in [0.3, 0.4) is 0 Å². The number of amides is 3. The lowest BCUT2D eigenvalue weighted by Gasteiger charge is -2.32. The van der Waals surface area contributed by atoms with Gasteiger partial charge in [-0.1, -0.05) is 0 Å². The molecule has 13 nitrogen and oxygen atoms in total. The van der Waals surface area contributed by atoms with Gasteiger partial charge in [0.25, 0.3) is 17.7 Å². The number of fused-ring (bicyclic) bond motifs is 2. The summed E-state index contributed by atoms with van der Waals surface area (Å²) in [7, 11) is -4.15. The fraction of sp³-hybridized carbons (Fsp3) is 0.233. The number of hydroxylamine groups is 2. The van der Waals surface area contributed by atoms with E-state index >= 15 is 0 Å². The number of carbonyl (C=O) groups excluding carboxylic acids is 4. The molecule has 1 aliphatic carbocycles. The van der Waals surface area contributed by atoms with E-state index in [4.69, 9.17) is 25.5 Å². The van der Waals surface area contributed by atoms with E-state index in [1.165, 1.54) is 18.2 Å². The van der Waals surface area contributed by atoms with Crippen molar-refractivity contribution in [2.75, 3.05) is 18.8 Å². The molecule has 0 atom stereocenters. The number of hydrogen-bond acceptors (Lipinski definition) is 9. The molecule has 0 bridgehead atoms. The van der Waals surface area contributed by atoms with Gasteiger partial charge in [-0.05, 0) is 54.8 Å². The molecule has 3 amide bonds. The van der Waals surface area contributed by atoms with Crippen LogP contribution >= 0.6 is 0 Å². The van der Waals surface area contributed by atoms with Gasteiger partial charge in [-0.2, -0.15) is 0 Å². The molecule has 226 valence electrons. The van der Waals surface area contributed by atoms with Crippen molar-refractivity contribution < 1.29 is 42.3 Å². The molecule has 2 fully saturated rings. The van der Waals surface area contributed by atoms with Crippen LogP contribution in [0.4, 0.5) is 5.69 Å². The molecule has 2 aromatic carbocycles. The highest BCUT2D eigenvalue weighted by Gasteiger charge is 2.37. The number of anilines is 1. The number of sulfonamides is 1. The Labute approximate surface area is 250 Å². The van der Waals surface area contributed by atoms with Crippen LogP contribution < -0.4 is 21.6 Å². The Kier molecular flexibility index (Phi) is 7.18. The molecule has 0 unspecified atom stereocenters. The zero-order chi connectivity index (χ0) is 31.3. The van der Waals surface area contributed by atoms with Gasteiger partial charge in [-0.3, -0.25) is 19.8 Å². The Morgan fingerprint density at radius 2 is 1.64 bits per heavy atom. The number of nitrogen functional groups attached to an aromatic ring is 1. The average molecular weight is 619 g/mol. The van der Waals surface area contributed by atoms with Gasteiger partial charge in [0, 0.05) is 65.8 Å². The standard InChI is InChI=1S/C30H27N5O8S/c31-17-1-4-21-24(13-17)42-25-14-18(32)2-5-22(25)28(21)23-15-19(44(33,40)41)3-6-20(23)29(38)34-11-9-16(10-12-34)30(39)43-35-26(36)7-8-27(35)37/h1-6,13-16,31H,7-12,32H2,(H2,33,40,41)/p+1. The molecule has 6 rings (SSSR count). The number of piperidine rings is 1. The second-order valence-corrected chi connectivity index (χ2v) is 12.4. The van der Waals surface area contributed by atoms with Crippen molar-refractivity contribution in [1.82, 2.24) is 9.96 Å². The van der Waals surface area contributed by atoms with Gasteiger partial charge in [-0.25, -0.2) is 18.4 Å². The Morgan fingerprint density at radius 1 is 0.932 bits per heavy atom. The summed E-state index contributed by atoms with van der Waals surface area (Å²) >= 11 is 0. The minimum Gasteiger partial charge on any atom is -0.456 e. The van der Waals surface area contributed by atoms with Crippen molar-refractivity contribution in [2.24, 2.45) is 11.1 Å². The molecule has 44 heavy (non-hydrogen) atoms. The molecular formula is C30H28N5O8S+. The summed E-state index contributed by atoms with van der Waals surface area (Å²) < 4.78 is 30.9. The van der Waals surface area contributed by atoms with Gasteiger partial charge < -0.3 is 19.9 Å². The van der Waals surface area contributed by atoms with E-state index in [2.05, 4.69) is 0 Å². The summed E-state index contributed by atoms with van der Waals surface area (Å²) in [6.45, 7) is 0.352. The van der Waals surface area contributed by atoms with Crippen molar-refractivity contribution >= 4 is 50.4 Å². The van der Waals surface area contributed by atoms with Gasteiger partial charge in [0.15, 0.2) is 5.36 Å². The third kappa shape index (κ3) is 5.29. The number of primary sulfonamides is 1. The van der Waals surface area contributed by atoms with Gasteiger partial charge >= 0.3 is 5.97 Å². The maximum absolute atomic E-state index is 14.0. The molecule has 0 spiro atoms. The van der Waals surface area contributed by atoms with E-state index in [1.54, 1.807) is 41.3 Å². The molecule has 2 saturated heterocycles. The zero-order valence-electron chi connectivity index (χ0n) is 23.3. The Balaban J connectivity index is 1.38. The van der Waals surface area contributed by atoms with Gasteiger partial charge in [-0.15, -0.1) is 5.06 Å². The van der Waals surface area contributed by atoms with Gasteiger partial charge in [0.05, 0.1) is 16.9 Å². The van der Waals surface area contributed by atoms with Crippen molar-refractivity contribution in [3.8, 4) is 22.5 Å². The first-order chi connectivity index (χ1) is 20.9. The predicted molar refractivity (Wildman–Crippen MR) is 155 cm³/mol. The number of likely N-dealkylation sites (tertiary alicyclic amines) is 1. The first-order valence-corrected chi connectivity index (χ1v) is 15.3. The summed E-state index contributed by atoms with van der Waals surface area (Å²) in [5.41, 5.74) is 8.45. The van der Waals surface area contributed by atoms with Crippen molar-refractivity contribution in [2.45, 2.75) is 30.6 Å². The molecule has 6 N–H and O–H groups in total. The number of nitrogens with two attached hydrogens (primary N) is 3. The molecular weight excluding hydrogens is 590 g/mol. The molecule has 2 aromatic rings. The van der Waals surface area contributed by atoms with E-state index in [0.717, 1.165) is 0 Å². The van der Waals surface area contributed by atoms with Crippen LogP contribution in [0.5, 0.6) is 0 Å². The second-order valence-electron chi connectivity index (χ2n) is 10.8. The summed E-state index contributed by atoms with van der Waals surface area (Å²) in [4.78, 5) is 56.9. The summed E-state index contributed by atoms with van der Waals surface area (Å²) in [5, 5.41) is 13.0. The molecule has 3 heterocycles. The van der Waals surface area contributed by atoms with Crippen molar-refractivity contribution in [1.29, 1.82) is 0 Å². The number of rotatable bonds is 5. The average Bonchev–Trinajstić information content (AvgIpc) is 3.30. The van der Waals surface area contributed by atoms with Crippen molar-refractivity contribution in [3.63, 3.8) is 0 Å². The Bertz CT molecular complexity index is 2000. The van der Waals surface area contributed by atoms with E-state index in [1.807, 2.05) is 0 Å². The van der Waals surface area contributed by atoms with Crippen molar-refractivity contribution in [3.05, 3.63) is 65.5 Å². The lowest BCUT2D eigenvalue weighted by Crippen LogP contribution is -2.44. The topological polar surface area (TPSA) is 209 Å². The van der Waals surface area contributed by atoms with Crippen LogP contribution in [-0.2, 0) is 29.2 Å². The van der Waals surface area contributed by atoms with E-state index in [9.17, 15) is 27.6 Å². The van der Waals surface area contributed by atoms with Crippen LogP contribution in [0, 0.1) is 5.92 Å². The summed E-state index contributed by atoms with van der Waals surface area (Å²) in [5.74, 6) is -2.46. The smallest absolute Gasteiger partial charge is 0.336 e. The normalized spacial score (nSPS) is 16.2. The van der Waals surface area contributed by atoms with Crippen LogP contribution in [0.15, 0.2) is 63.9 Å². The Hall–Kier alpha value is -5.08. The third-order valence-electron chi connectivity index (χ3n) is 7.89. The molecule has 0 saturated carbocycles. The highest BCUT2D eigenvalue weighted by atomic mass is 32.2. The number of nitrogens with zero attached hydrogens (tertiary/aromatic N) is 2. The fourth-order valence-electron chi connectivity index (χ4n) is 5.62. The van der Waals surface area contributed by atoms with Crippen LogP contribution in [-0.4, -0.2) is 55.2 Å². The van der Waals surface area contributed by atoms with E-state index in [0.29, 0.717) is 49.5 Å². The highest BCUT2D eigenvalue weighted by Crippen LogP contribution is 2.42. The molecule has 0 aromatic heterocycles. The quantitative estimate of drug-likeness (QED) is 0.162. The Morgan fingerprint density at radius 3 is 2.32 bits per heavy atom. The van der Waals surface area contributed by atoms with Crippen LogP contribution in [0.1, 0.15) is 36.0 Å². The summed E-state index contributed by atoms with van der Waals surface area (Å²) in [6.07, 6.45) is 0.457. The maximum Gasteiger partial charge on any atom is 0.336 e. The zero-order valence-corrected chi connectivity index (χ0v) is 24.1. The number of carbonyl (C=O) groups is 4. The van der Waals surface area contributed by atoms with Crippen LogP contribution in [0.25, 0.3) is 33.4 Å². The number of benzene rings is 3. The highest BCUT2D eigenvalue weighted by molar-refractivity contribution is 7.89. The van der Waals surface area contributed by atoms with Gasteiger partial charge in [0.1, 0.15) is 11.3 Å². The first-order valence-electron chi connectivity index (χ1n) is 13.8. The fourth-order valence-corrected chi connectivity index (χ4v) is 6.16. The monoisotopic (exact) mass is 618 g/mol. The number of imide groups is 1. The molecule has 3 aliphatic heterocycles. The predicted octanol–water partition coefficient (Wildman–Crippen LogP) is 0.553. The molecule has 0 radical (unpaired) electrons. The largest absolute Gasteiger partial charge is 0.456 e.